The first-order chi connectivity index (χ1) is 8.06. The fourth-order valence-electron chi connectivity index (χ4n) is 1.95. The summed E-state index contributed by atoms with van der Waals surface area (Å²) in [5.74, 6) is 0.330. The van der Waals surface area contributed by atoms with Crippen molar-refractivity contribution in [3.05, 3.63) is 58.7 Å². The summed E-state index contributed by atoms with van der Waals surface area (Å²) in [6.45, 7) is 4.06. The van der Waals surface area contributed by atoms with Crippen molar-refractivity contribution in [2.24, 2.45) is 0 Å². The summed E-state index contributed by atoms with van der Waals surface area (Å²) in [6, 6.07) is 11.6. The molecular weight excluding hydrogens is 210 g/mol. The van der Waals surface area contributed by atoms with E-state index >= 15 is 0 Å². The first-order valence-electron chi connectivity index (χ1n) is 5.70. The van der Waals surface area contributed by atoms with Crippen LogP contribution in [0.25, 0.3) is 0 Å². The molecular formula is C15H17NO. The van der Waals surface area contributed by atoms with Crippen LogP contribution in [0.3, 0.4) is 0 Å². The van der Waals surface area contributed by atoms with Crippen molar-refractivity contribution < 1.29 is 5.11 Å². The maximum absolute atomic E-state index is 9.82. The van der Waals surface area contributed by atoms with Gasteiger partial charge in [0.25, 0.3) is 0 Å². The lowest BCUT2D eigenvalue weighted by Crippen LogP contribution is -1.97. The predicted molar refractivity (Wildman–Crippen MR) is 71.2 cm³/mol. The Labute approximate surface area is 102 Å². The second kappa shape index (κ2) is 4.50. The normalized spacial score (nSPS) is 10.5. The Morgan fingerprint density at radius 2 is 1.53 bits per heavy atom. The number of phenols is 1. The van der Waals surface area contributed by atoms with Gasteiger partial charge in [-0.1, -0.05) is 35.4 Å². The van der Waals surface area contributed by atoms with Gasteiger partial charge in [0.05, 0.1) is 0 Å². The first-order valence-corrected chi connectivity index (χ1v) is 5.70. The van der Waals surface area contributed by atoms with Crippen LogP contribution in [0, 0.1) is 13.8 Å². The molecule has 2 rings (SSSR count). The number of phenolic OH excluding ortho intramolecular Hbond substituents is 1. The summed E-state index contributed by atoms with van der Waals surface area (Å²) in [4.78, 5) is 0. The minimum atomic E-state index is 0.330. The van der Waals surface area contributed by atoms with Gasteiger partial charge in [-0.15, -0.1) is 0 Å². The molecule has 2 heteroatoms. The maximum Gasteiger partial charge on any atom is 0.119 e. The topological polar surface area (TPSA) is 46.2 Å². The third kappa shape index (κ3) is 2.59. The lowest BCUT2D eigenvalue weighted by atomic mass is 9.99. The van der Waals surface area contributed by atoms with Crippen molar-refractivity contribution in [1.82, 2.24) is 0 Å². The molecule has 0 aliphatic rings. The van der Waals surface area contributed by atoms with Crippen LogP contribution in [0.5, 0.6) is 5.75 Å². The molecule has 0 spiro atoms. The molecule has 0 aromatic heterocycles. The predicted octanol–water partition coefficient (Wildman–Crippen LogP) is 3.18. The van der Waals surface area contributed by atoms with Crippen LogP contribution in [0.4, 0.5) is 5.69 Å². The molecule has 0 aliphatic heterocycles. The van der Waals surface area contributed by atoms with E-state index in [0.717, 1.165) is 22.4 Å². The molecule has 0 heterocycles. The zero-order valence-corrected chi connectivity index (χ0v) is 10.2. The van der Waals surface area contributed by atoms with Crippen molar-refractivity contribution in [2.45, 2.75) is 20.3 Å². The summed E-state index contributed by atoms with van der Waals surface area (Å²) in [6.07, 6.45) is 0.668. The van der Waals surface area contributed by atoms with Crippen LogP contribution in [-0.2, 0) is 6.42 Å². The molecule has 2 aromatic rings. The van der Waals surface area contributed by atoms with Gasteiger partial charge in [0.2, 0.25) is 0 Å². The molecule has 0 radical (unpaired) electrons. The molecule has 0 saturated heterocycles. The minimum Gasteiger partial charge on any atom is -0.508 e. The summed E-state index contributed by atoms with van der Waals surface area (Å²) in [7, 11) is 0. The monoisotopic (exact) mass is 227 g/mol. The van der Waals surface area contributed by atoms with Crippen LogP contribution in [-0.4, -0.2) is 5.11 Å². The minimum absolute atomic E-state index is 0.330. The molecule has 0 amide bonds. The highest BCUT2D eigenvalue weighted by molar-refractivity contribution is 5.52. The Morgan fingerprint density at radius 3 is 2.24 bits per heavy atom. The van der Waals surface area contributed by atoms with Crippen LogP contribution >= 0.6 is 0 Å². The number of nitrogens with two attached hydrogens (primary N) is 1. The van der Waals surface area contributed by atoms with Gasteiger partial charge in [0.15, 0.2) is 0 Å². The second-order valence-electron chi connectivity index (χ2n) is 4.51. The van der Waals surface area contributed by atoms with Gasteiger partial charge < -0.3 is 10.8 Å². The van der Waals surface area contributed by atoms with Crippen molar-refractivity contribution in [1.29, 1.82) is 0 Å². The molecule has 2 aromatic carbocycles. The molecule has 0 bridgehead atoms. The maximum atomic E-state index is 9.82. The lowest BCUT2D eigenvalue weighted by Gasteiger charge is -2.09. The summed E-state index contributed by atoms with van der Waals surface area (Å²) in [5, 5.41) is 9.82. The molecule has 88 valence electrons. The SMILES string of the molecule is Cc1ccc(N)c(Cc2cc(C)ccc2O)c1. The number of nitrogen functional groups attached to an aromatic ring is 1. The van der Waals surface area contributed by atoms with Crippen LogP contribution in [0.2, 0.25) is 0 Å². The second-order valence-corrected chi connectivity index (χ2v) is 4.51. The smallest absolute Gasteiger partial charge is 0.119 e. The molecule has 17 heavy (non-hydrogen) atoms. The van der Waals surface area contributed by atoms with Crippen LogP contribution in [0.1, 0.15) is 22.3 Å². The largest absolute Gasteiger partial charge is 0.508 e. The third-order valence-electron chi connectivity index (χ3n) is 2.91. The molecule has 0 unspecified atom stereocenters. The molecule has 3 N–H and O–H groups in total. The number of aromatic hydroxyl groups is 1. The molecule has 2 nitrogen and oxygen atoms in total. The third-order valence-corrected chi connectivity index (χ3v) is 2.91. The van der Waals surface area contributed by atoms with E-state index in [1.807, 2.05) is 38.1 Å². The Bertz CT molecular complexity index is 497. The van der Waals surface area contributed by atoms with E-state index in [9.17, 15) is 5.11 Å². The van der Waals surface area contributed by atoms with Gasteiger partial charge in [-0.3, -0.25) is 0 Å². The van der Waals surface area contributed by atoms with Crippen molar-refractivity contribution in [3.8, 4) is 5.75 Å². The standard InChI is InChI=1S/C15H17NO/c1-10-3-5-14(16)12(7-10)9-13-8-11(2)4-6-15(13)17/h3-8,17H,9,16H2,1-2H3. The van der Waals surface area contributed by atoms with E-state index in [1.165, 1.54) is 5.56 Å². The zero-order chi connectivity index (χ0) is 12.4. The summed E-state index contributed by atoms with van der Waals surface area (Å²) >= 11 is 0. The van der Waals surface area contributed by atoms with Gasteiger partial charge in [-0.05, 0) is 37.1 Å². The van der Waals surface area contributed by atoms with Crippen LogP contribution in [0.15, 0.2) is 36.4 Å². The van der Waals surface area contributed by atoms with E-state index < -0.39 is 0 Å². The highest BCUT2D eigenvalue weighted by atomic mass is 16.3. The molecule has 0 atom stereocenters. The highest BCUT2D eigenvalue weighted by Gasteiger charge is 2.05. The lowest BCUT2D eigenvalue weighted by molar-refractivity contribution is 0.469. The molecule has 0 fully saturated rings. The Morgan fingerprint density at radius 1 is 0.941 bits per heavy atom. The Kier molecular flexibility index (Phi) is 3.05. The molecule has 0 saturated carbocycles. The Balaban J connectivity index is 2.37. The average Bonchev–Trinajstić information content (AvgIpc) is 2.28. The number of anilines is 1. The number of rotatable bonds is 2. The quantitative estimate of drug-likeness (QED) is 0.774. The van der Waals surface area contributed by atoms with E-state index in [-0.39, 0.29) is 0 Å². The van der Waals surface area contributed by atoms with Gasteiger partial charge in [-0.2, -0.15) is 0 Å². The number of hydrogen-bond donors (Lipinski definition) is 2. The number of aryl methyl sites for hydroxylation is 2. The number of hydrogen-bond acceptors (Lipinski definition) is 2. The Hall–Kier alpha value is -1.96. The van der Waals surface area contributed by atoms with E-state index in [2.05, 4.69) is 6.07 Å². The van der Waals surface area contributed by atoms with Crippen molar-refractivity contribution >= 4 is 5.69 Å². The van der Waals surface area contributed by atoms with Crippen LogP contribution < -0.4 is 5.73 Å². The van der Waals surface area contributed by atoms with Gasteiger partial charge >= 0.3 is 0 Å². The van der Waals surface area contributed by atoms with Crippen molar-refractivity contribution in [2.75, 3.05) is 5.73 Å². The number of benzene rings is 2. The average molecular weight is 227 g/mol. The highest BCUT2D eigenvalue weighted by Crippen LogP contribution is 2.24. The van der Waals surface area contributed by atoms with Gasteiger partial charge in [-0.25, -0.2) is 0 Å². The summed E-state index contributed by atoms with van der Waals surface area (Å²) in [5.41, 5.74) is 11.0. The first kappa shape index (κ1) is 11.5. The van der Waals surface area contributed by atoms with E-state index in [4.69, 9.17) is 5.73 Å². The van der Waals surface area contributed by atoms with E-state index in [0.29, 0.717) is 12.2 Å². The molecule has 0 aliphatic carbocycles. The van der Waals surface area contributed by atoms with Crippen molar-refractivity contribution in [3.63, 3.8) is 0 Å². The van der Waals surface area contributed by atoms with Gasteiger partial charge in [0, 0.05) is 12.1 Å². The van der Waals surface area contributed by atoms with Gasteiger partial charge in [0.1, 0.15) is 5.75 Å². The van der Waals surface area contributed by atoms with E-state index in [1.54, 1.807) is 6.07 Å². The summed E-state index contributed by atoms with van der Waals surface area (Å²) < 4.78 is 0. The fraction of sp³-hybridized carbons (Fsp3) is 0.200. The fourth-order valence-corrected chi connectivity index (χ4v) is 1.95. The zero-order valence-electron chi connectivity index (χ0n) is 10.2.